The van der Waals surface area contributed by atoms with Crippen molar-refractivity contribution >= 4 is 5.97 Å². The lowest BCUT2D eigenvalue weighted by Gasteiger charge is -2.12. The number of nitrogens with one attached hydrogen (secondary N) is 1. The SMILES string of the molecule is COc1cc(OC)c(C(=O)O)cc1CNO. The molecule has 1 aromatic rings. The van der Waals surface area contributed by atoms with Crippen LogP contribution < -0.4 is 15.0 Å². The summed E-state index contributed by atoms with van der Waals surface area (Å²) >= 11 is 0. The highest BCUT2D eigenvalue weighted by molar-refractivity contribution is 5.91. The predicted octanol–water partition coefficient (Wildman–Crippen LogP) is 0.881. The van der Waals surface area contributed by atoms with Gasteiger partial charge in [0, 0.05) is 18.2 Å². The number of hydrogen-bond acceptors (Lipinski definition) is 5. The van der Waals surface area contributed by atoms with Gasteiger partial charge in [-0.2, -0.15) is 0 Å². The topological polar surface area (TPSA) is 88.0 Å². The van der Waals surface area contributed by atoms with E-state index in [0.29, 0.717) is 11.3 Å². The average Bonchev–Trinajstić information content (AvgIpc) is 2.28. The lowest BCUT2D eigenvalue weighted by molar-refractivity contribution is 0.0693. The summed E-state index contributed by atoms with van der Waals surface area (Å²) in [5.41, 5.74) is 2.50. The molecule has 0 aliphatic rings. The van der Waals surface area contributed by atoms with E-state index < -0.39 is 5.97 Å². The van der Waals surface area contributed by atoms with E-state index in [1.807, 2.05) is 5.48 Å². The fourth-order valence-corrected chi connectivity index (χ4v) is 1.36. The van der Waals surface area contributed by atoms with E-state index in [1.54, 1.807) is 0 Å². The second-order valence-electron chi connectivity index (χ2n) is 3.00. The number of carboxylic acid groups (broad SMARTS) is 1. The Balaban J connectivity index is 3.28. The zero-order valence-corrected chi connectivity index (χ0v) is 8.98. The average molecular weight is 227 g/mol. The van der Waals surface area contributed by atoms with Crippen molar-refractivity contribution in [3.63, 3.8) is 0 Å². The molecule has 0 radical (unpaired) electrons. The zero-order chi connectivity index (χ0) is 12.1. The Hall–Kier alpha value is -1.79. The van der Waals surface area contributed by atoms with Crippen LogP contribution in [-0.2, 0) is 6.54 Å². The number of benzene rings is 1. The molecule has 6 nitrogen and oxygen atoms in total. The Morgan fingerprint density at radius 3 is 2.38 bits per heavy atom. The molecule has 0 heterocycles. The molecule has 0 saturated heterocycles. The van der Waals surface area contributed by atoms with E-state index in [0.717, 1.165) is 0 Å². The number of hydrogen-bond donors (Lipinski definition) is 3. The van der Waals surface area contributed by atoms with Gasteiger partial charge in [0.05, 0.1) is 14.2 Å². The van der Waals surface area contributed by atoms with Gasteiger partial charge in [-0.1, -0.05) is 0 Å². The zero-order valence-electron chi connectivity index (χ0n) is 8.98. The summed E-state index contributed by atoms with van der Waals surface area (Å²) in [6, 6.07) is 2.86. The molecule has 0 atom stereocenters. The van der Waals surface area contributed by atoms with Crippen LogP contribution in [0, 0.1) is 0 Å². The first kappa shape index (κ1) is 12.3. The lowest BCUT2D eigenvalue weighted by Crippen LogP contribution is -2.10. The van der Waals surface area contributed by atoms with E-state index >= 15 is 0 Å². The molecule has 3 N–H and O–H groups in total. The molecule has 1 rings (SSSR count). The second-order valence-corrected chi connectivity index (χ2v) is 3.00. The number of carbonyl (C=O) groups is 1. The number of rotatable bonds is 5. The summed E-state index contributed by atoms with van der Waals surface area (Å²) in [6.07, 6.45) is 0. The summed E-state index contributed by atoms with van der Waals surface area (Å²) in [7, 11) is 2.83. The minimum atomic E-state index is -1.10. The lowest BCUT2D eigenvalue weighted by atomic mass is 10.1. The first-order valence-electron chi connectivity index (χ1n) is 4.49. The van der Waals surface area contributed by atoms with Crippen LogP contribution in [0.15, 0.2) is 12.1 Å². The summed E-state index contributed by atoms with van der Waals surface area (Å²) in [4.78, 5) is 10.9. The molecule has 88 valence electrons. The third-order valence-corrected chi connectivity index (χ3v) is 2.10. The fourth-order valence-electron chi connectivity index (χ4n) is 1.36. The minimum Gasteiger partial charge on any atom is -0.496 e. The third kappa shape index (κ3) is 2.41. The quantitative estimate of drug-likeness (QED) is 0.647. The second kappa shape index (κ2) is 5.34. The van der Waals surface area contributed by atoms with Gasteiger partial charge in [0.1, 0.15) is 17.1 Å². The Morgan fingerprint density at radius 1 is 1.31 bits per heavy atom. The van der Waals surface area contributed by atoms with Crippen LogP contribution in [0.1, 0.15) is 15.9 Å². The number of methoxy groups -OCH3 is 2. The number of carboxylic acids is 1. The van der Waals surface area contributed by atoms with Gasteiger partial charge < -0.3 is 19.8 Å². The van der Waals surface area contributed by atoms with Gasteiger partial charge in [-0.05, 0) is 6.07 Å². The van der Waals surface area contributed by atoms with E-state index in [2.05, 4.69) is 0 Å². The summed E-state index contributed by atoms with van der Waals surface area (Å²) in [6.45, 7) is 0.0907. The van der Waals surface area contributed by atoms with Gasteiger partial charge in [0.25, 0.3) is 0 Å². The minimum absolute atomic E-state index is 0.0218. The molecular formula is C10H13NO5. The summed E-state index contributed by atoms with van der Waals surface area (Å²) in [5, 5.41) is 17.6. The largest absolute Gasteiger partial charge is 0.496 e. The molecule has 0 spiro atoms. The highest BCUT2D eigenvalue weighted by Crippen LogP contribution is 2.29. The van der Waals surface area contributed by atoms with Crippen molar-refractivity contribution in [3.05, 3.63) is 23.3 Å². The van der Waals surface area contributed by atoms with Crippen LogP contribution in [0.4, 0.5) is 0 Å². The monoisotopic (exact) mass is 227 g/mol. The van der Waals surface area contributed by atoms with Gasteiger partial charge in [-0.3, -0.25) is 0 Å². The number of aromatic carboxylic acids is 1. The van der Waals surface area contributed by atoms with Crippen molar-refractivity contribution < 1.29 is 24.6 Å². The molecule has 0 amide bonds. The number of hydroxylamine groups is 1. The summed E-state index contributed by atoms with van der Waals surface area (Å²) in [5.74, 6) is -0.437. The molecule has 6 heteroatoms. The maximum absolute atomic E-state index is 10.9. The Labute approximate surface area is 92.4 Å². The van der Waals surface area contributed by atoms with Gasteiger partial charge in [0.2, 0.25) is 0 Å². The predicted molar refractivity (Wildman–Crippen MR) is 55.1 cm³/mol. The van der Waals surface area contributed by atoms with E-state index in [4.69, 9.17) is 19.8 Å². The van der Waals surface area contributed by atoms with Crippen molar-refractivity contribution in [1.82, 2.24) is 5.48 Å². The van der Waals surface area contributed by atoms with Crippen LogP contribution >= 0.6 is 0 Å². The van der Waals surface area contributed by atoms with Crippen LogP contribution in [0.5, 0.6) is 11.5 Å². The maximum Gasteiger partial charge on any atom is 0.339 e. The molecular weight excluding hydrogens is 214 g/mol. The molecule has 0 aliphatic carbocycles. The van der Waals surface area contributed by atoms with Gasteiger partial charge in [-0.15, -0.1) is 0 Å². The molecule has 0 unspecified atom stereocenters. The molecule has 0 aromatic heterocycles. The van der Waals surface area contributed by atoms with Gasteiger partial charge in [-0.25, -0.2) is 10.3 Å². The van der Waals surface area contributed by atoms with E-state index in [9.17, 15) is 4.79 Å². The van der Waals surface area contributed by atoms with Crippen LogP contribution in [0.3, 0.4) is 0 Å². The maximum atomic E-state index is 10.9. The smallest absolute Gasteiger partial charge is 0.339 e. The van der Waals surface area contributed by atoms with Crippen molar-refractivity contribution in [2.75, 3.05) is 14.2 Å². The Bertz CT molecular complexity index is 391. The van der Waals surface area contributed by atoms with E-state index in [1.165, 1.54) is 26.4 Å². The van der Waals surface area contributed by atoms with Gasteiger partial charge >= 0.3 is 5.97 Å². The molecule has 0 aliphatic heterocycles. The molecule has 0 saturated carbocycles. The van der Waals surface area contributed by atoms with Crippen LogP contribution in [0.25, 0.3) is 0 Å². The van der Waals surface area contributed by atoms with Gasteiger partial charge in [0.15, 0.2) is 0 Å². The fraction of sp³-hybridized carbons (Fsp3) is 0.300. The molecule has 1 aromatic carbocycles. The van der Waals surface area contributed by atoms with E-state index in [-0.39, 0.29) is 17.9 Å². The molecule has 0 bridgehead atoms. The van der Waals surface area contributed by atoms with Crippen molar-refractivity contribution in [1.29, 1.82) is 0 Å². The normalized spacial score (nSPS) is 9.94. The van der Waals surface area contributed by atoms with Crippen molar-refractivity contribution in [3.8, 4) is 11.5 Å². The van der Waals surface area contributed by atoms with Crippen LogP contribution in [0.2, 0.25) is 0 Å². The van der Waals surface area contributed by atoms with Crippen molar-refractivity contribution in [2.24, 2.45) is 0 Å². The first-order valence-corrected chi connectivity index (χ1v) is 4.49. The summed E-state index contributed by atoms with van der Waals surface area (Å²) < 4.78 is 9.99. The highest BCUT2D eigenvalue weighted by Gasteiger charge is 2.15. The van der Waals surface area contributed by atoms with Crippen LogP contribution in [-0.4, -0.2) is 30.5 Å². The third-order valence-electron chi connectivity index (χ3n) is 2.10. The Morgan fingerprint density at radius 2 is 1.94 bits per heavy atom. The van der Waals surface area contributed by atoms with Crippen molar-refractivity contribution in [2.45, 2.75) is 6.54 Å². The molecule has 16 heavy (non-hydrogen) atoms. The standard InChI is InChI=1S/C10H13NO5/c1-15-8-4-9(16-2)7(10(12)13)3-6(8)5-11-14/h3-4,11,14H,5H2,1-2H3,(H,12,13). The number of ether oxygens (including phenoxy) is 2. The highest BCUT2D eigenvalue weighted by atomic mass is 16.5. The molecule has 0 fully saturated rings. The first-order chi connectivity index (χ1) is 7.63. The Kier molecular flexibility index (Phi) is 4.10.